The summed E-state index contributed by atoms with van der Waals surface area (Å²) in [7, 11) is 3.59. The van der Waals surface area contributed by atoms with E-state index in [0.717, 1.165) is 16.7 Å². The van der Waals surface area contributed by atoms with Gasteiger partial charge in [-0.15, -0.1) is 0 Å². The van der Waals surface area contributed by atoms with E-state index < -0.39 is 0 Å². The molecule has 7 nitrogen and oxygen atoms in total. The van der Waals surface area contributed by atoms with E-state index >= 15 is 0 Å². The number of aromatic nitrogens is 1. The Bertz CT molecular complexity index is 1220. The van der Waals surface area contributed by atoms with E-state index in [1.807, 2.05) is 45.2 Å². The molecule has 2 aromatic carbocycles. The molecular formula is C29H34FN3O4. The summed E-state index contributed by atoms with van der Waals surface area (Å²) in [6.45, 7) is 5.35. The summed E-state index contributed by atoms with van der Waals surface area (Å²) in [5, 5.41) is 9.90. The van der Waals surface area contributed by atoms with Crippen LogP contribution in [-0.2, 0) is 6.54 Å². The molecule has 196 valence electrons. The summed E-state index contributed by atoms with van der Waals surface area (Å²) in [4.78, 5) is 22.1. The Labute approximate surface area is 217 Å². The average molecular weight is 508 g/mol. The highest BCUT2D eigenvalue weighted by molar-refractivity contribution is 5.98. The van der Waals surface area contributed by atoms with E-state index in [0.29, 0.717) is 30.9 Å². The molecule has 1 amide bonds. The second-order valence-electron chi connectivity index (χ2n) is 9.75. The smallest absolute Gasteiger partial charge is 0.259 e. The Hall–Kier alpha value is -3.49. The zero-order valence-electron chi connectivity index (χ0n) is 21.7. The number of pyridine rings is 1. The van der Waals surface area contributed by atoms with Crippen LogP contribution in [0.3, 0.4) is 0 Å². The van der Waals surface area contributed by atoms with E-state index in [1.54, 1.807) is 36.4 Å². The predicted molar refractivity (Wildman–Crippen MR) is 140 cm³/mol. The molecule has 8 heteroatoms. The van der Waals surface area contributed by atoms with Crippen molar-refractivity contribution in [1.29, 1.82) is 0 Å². The zero-order chi connectivity index (χ0) is 26.5. The van der Waals surface area contributed by atoms with Gasteiger partial charge in [-0.25, -0.2) is 9.37 Å². The fourth-order valence-electron chi connectivity index (χ4n) is 4.55. The molecule has 4 rings (SSSR count). The standard InChI is InChI=1S/C29H34FN3O4/c1-19-15-33(20(2)18-34)29(35)26-13-23(22-6-5-7-25(12-22)36-4)14-31-28(26)37-27(19)17-32(3)16-21-8-10-24(30)11-9-21/h5-14,19-20,27,34H,15-18H2,1-4H3/t19-,20-,27-/m0/s1. The Kier molecular flexibility index (Phi) is 8.41. The molecule has 0 saturated carbocycles. The SMILES string of the molecule is COc1cccc(-c2cnc3c(c2)C(=O)N([C@@H](C)CO)C[C@H](C)[C@H](CN(C)Cc2ccc(F)cc2)O3)c1. The van der Waals surface area contributed by atoms with Gasteiger partial charge in [-0.3, -0.25) is 9.69 Å². The molecule has 1 aromatic heterocycles. The summed E-state index contributed by atoms with van der Waals surface area (Å²) in [5.41, 5.74) is 2.99. The minimum Gasteiger partial charge on any atom is -0.497 e. The van der Waals surface area contributed by atoms with Crippen LogP contribution in [-0.4, -0.2) is 71.8 Å². The second kappa shape index (κ2) is 11.7. The van der Waals surface area contributed by atoms with Gasteiger partial charge in [-0.2, -0.15) is 0 Å². The molecule has 3 aromatic rings. The number of rotatable bonds is 8. The van der Waals surface area contributed by atoms with E-state index in [4.69, 9.17) is 9.47 Å². The van der Waals surface area contributed by atoms with Crippen molar-refractivity contribution in [3.8, 4) is 22.8 Å². The normalized spacial score (nSPS) is 18.6. The third-order valence-electron chi connectivity index (χ3n) is 6.78. The lowest BCUT2D eigenvalue weighted by Gasteiger charge is -2.37. The van der Waals surface area contributed by atoms with Crippen LogP contribution in [0.1, 0.15) is 29.8 Å². The molecule has 0 aliphatic carbocycles. The molecule has 0 spiro atoms. The van der Waals surface area contributed by atoms with Crippen molar-refractivity contribution in [3.63, 3.8) is 0 Å². The maximum absolute atomic E-state index is 13.7. The summed E-state index contributed by atoms with van der Waals surface area (Å²) >= 11 is 0. The molecule has 0 radical (unpaired) electrons. The highest BCUT2D eigenvalue weighted by Crippen LogP contribution is 2.31. The Balaban J connectivity index is 1.65. The van der Waals surface area contributed by atoms with Crippen molar-refractivity contribution in [2.24, 2.45) is 5.92 Å². The maximum atomic E-state index is 13.7. The minimum absolute atomic E-state index is 0.0263. The van der Waals surface area contributed by atoms with Crippen molar-refractivity contribution in [1.82, 2.24) is 14.8 Å². The van der Waals surface area contributed by atoms with Gasteiger partial charge in [0.25, 0.3) is 5.91 Å². The highest BCUT2D eigenvalue weighted by atomic mass is 19.1. The van der Waals surface area contributed by atoms with Gasteiger partial charge < -0.3 is 19.5 Å². The minimum atomic E-state index is -0.362. The Morgan fingerprint density at radius 2 is 1.97 bits per heavy atom. The van der Waals surface area contributed by atoms with Crippen LogP contribution < -0.4 is 9.47 Å². The average Bonchev–Trinajstić information content (AvgIpc) is 2.91. The van der Waals surface area contributed by atoms with E-state index in [-0.39, 0.29) is 42.3 Å². The number of methoxy groups -OCH3 is 1. The molecule has 37 heavy (non-hydrogen) atoms. The Morgan fingerprint density at radius 3 is 2.68 bits per heavy atom. The first-order valence-electron chi connectivity index (χ1n) is 12.4. The first-order chi connectivity index (χ1) is 17.8. The molecule has 0 bridgehead atoms. The second-order valence-corrected chi connectivity index (χ2v) is 9.75. The molecule has 0 unspecified atom stereocenters. The summed E-state index contributed by atoms with van der Waals surface area (Å²) in [5.74, 6) is 0.474. The fraction of sp³-hybridized carbons (Fsp3) is 0.379. The molecule has 1 aliphatic rings. The maximum Gasteiger partial charge on any atom is 0.259 e. The monoisotopic (exact) mass is 507 g/mol. The zero-order valence-corrected chi connectivity index (χ0v) is 21.7. The third-order valence-corrected chi connectivity index (χ3v) is 6.78. The fourth-order valence-corrected chi connectivity index (χ4v) is 4.55. The number of benzene rings is 2. The van der Waals surface area contributed by atoms with Gasteiger partial charge in [0, 0.05) is 37.3 Å². The lowest BCUT2D eigenvalue weighted by Crippen LogP contribution is -2.49. The number of fused-ring (bicyclic) bond motifs is 1. The van der Waals surface area contributed by atoms with Gasteiger partial charge in [-0.1, -0.05) is 31.2 Å². The lowest BCUT2D eigenvalue weighted by molar-refractivity contribution is 0.0325. The number of carbonyl (C=O) groups is 1. The van der Waals surface area contributed by atoms with Crippen LogP contribution in [0.25, 0.3) is 11.1 Å². The molecule has 3 atom stereocenters. The number of aliphatic hydroxyl groups is 1. The molecule has 0 saturated heterocycles. The molecule has 1 N–H and O–H groups in total. The van der Waals surface area contributed by atoms with Crippen molar-refractivity contribution >= 4 is 5.91 Å². The Morgan fingerprint density at radius 1 is 1.22 bits per heavy atom. The van der Waals surface area contributed by atoms with Gasteiger partial charge >= 0.3 is 0 Å². The van der Waals surface area contributed by atoms with Crippen molar-refractivity contribution in [3.05, 3.63) is 77.7 Å². The quantitative estimate of drug-likeness (QED) is 0.492. The number of halogens is 1. The van der Waals surface area contributed by atoms with Crippen LogP contribution in [0.15, 0.2) is 60.8 Å². The number of likely N-dealkylation sites (N-methyl/N-ethyl adjacent to an activating group) is 1. The van der Waals surface area contributed by atoms with Crippen LogP contribution in [0.5, 0.6) is 11.6 Å². The molecule has 2 heterocycles. The number of hydrogen-bond donors (Lipinski definition) is 1. The van der Waals surface area contributed by atoms with Crippen LogP contribution in [0.2, 0.25) is 0 Å². The van der Waals surface area contributed by atoms with Crippen LogP contribution in [0, 0.1) is 11.7 Å². The van der Waals surface area contributed by atoms with Crippen LogP contribution >= 0.6 is 0 Å². The van der Waals surface area contributed by atoms with Crippen molar-refractivity contribution in [2.75, 3.05) is 33.9 Å². The van der Waals surface area contributed by atoms with Gasteiger partial charge in [0.2, 0.25) is 5.88 Å². The predicted octanol–water partition coefficient (Wildman–Crippen LogP) is 4.25. The van der Waals surface area contributed by atoms with Crippen LogP contribution in [0.4, 0.5) is 4.39 Å². The van der Waals surface area contributed by atoms with E-state index in [2.05, 4.69) is 9.88 Å². The third kappa shape index (κ3) is 6.26. The summed E-state index contributed by atoms with van der Waals surface area (Å²) in [6.07, 6.45) is 1.44. The van der Waals surface area contributed by atoms with E-state index in [1.165, 1.54) is 12.1 Å². The highest BCUT2D eigenvalue weighted by Gasteiger charge is 2.34. The molecular weight excluding hydrogens is 473 g/mol. The number of aliphatic hydroxyl groups excluding tert-OH is 1. The topological polar surface area (TPSA) is 75.1 Å². The molecule has 0 fully saturated rings. The number of nitrogens with zero attached hydrogens (tertiary/aromatic N) is 3. The largest absolute Gasteiger partial charge is 0.497 e. The number of carbonyl (C=O) groups excluding carboxylic acids is 1. The first kappa shape index (κ1) is 26.6. The summed E-state index contributed by atoms with van der Waals surface area (Å²) < 4.78 is 25.1. The van der Waals surface area contributed by atoms with Gasteiger partial charge in [0.15, 0.2) is 0 Å². The lowest BCUT2D eigenvalue weighted by atomic mass is 9.99. The van der Waals surface area contributed by atoms with E-state index in [9.17, 15) is 14.3 Å². The van der Waals surface area contributed by atoms with Crippen molar-refractivity contribution in [2.45, 2.75) is 32.5 Å². The number of ether oxygens (including phenoxy) is 2. The number of amides is 1. The summed E-state index contributed by atoms with van der Waals surface area (Å²) in [6, 6.07) is 15.5. The van der Waals surface area contributed by atoms with Crippen molar-refractivity contribution < 1.29 is 23.8 Å². The van der Waals surface area contributed by atoms with Gasteiger partial charge in [0.1, 0.15) is 23.2 Å². The first-order valence-corrected chi connectivity index (χ1v) is 12.4. The van der Waals surface area contributed by atoms with Gasteiger partial charge in [0.05, 0.1) is 19.8 Å². The van der Waals surface area contributed by atoms with Gasteiger partial charge in [-0.05, 0) is 55.4 Å². The molecule has 1 aliphatic heterocycles. The number of hydrogen-bond acceptors (Lipinski definition) is 6.